The average molecular weight is 437 g/mol. The zero-order chi connectivity index (χ0) is 22.5. The number of hydrogen-bond acceptors (Lipinski definition) is 4. The summed E-state index contributed by atoms with van der Waals surface area (Å²) in [6.07, 6.45) is 7.94. The molecule has 1 N–H and O–H groups in total. The Balaban J connectivity index is 1.60. The normalized spacial score (nSPS) is 15.9. The van der Waals surface area contributed by atoms with E-state index in [4.69, 9.17) is 4.74 Å². The Morgan fingerprint density at radius 3 is 2.59 bits per heavy atom. The molecule has 4 heterocycles. The molecular weight excluding hydrogens is 412 g/mol. The van der Waals surface area contributed by atoms with Crippen LogP contribution in [0.25, 0.3) is 22.6 Å². The Morgan fingerprint density at radius 1 is 1.06 bits per heavy atom. The van der Waals surface area contributed by atoms with E-state index < -0.39 is 5.67 Å². The topological polar surface area (TPSA) is 56.4 Å². The predicted octanol–water partition coefficient (Wildman–Crippen LogP) is 4.50. The molecule has 0 saturated carbocycles. The quantitative estimate of drug-likeness (QED) is 0.511. The molecule has 3 aromatic heterocycles. The molecule has 4 aromatic rings. The number of methoxy groups -OCH3 is 1. The van der Waals surface area contributed by atoms with Gasteiger partial charge in [0.1, 0.15) is 22.9 Å². The van der Waals surface area contributed by atoms with Crippen LogP contribution in [0.15, 0.2) is 43.0 Å². The summed E-state index contributed by atoms with van der Waals surface area (Å²) in [4.78, 5) is 4.50. The first kappa shape index (κ1) is 20.6. The first-order valence-corrected chi connectivity index (χ1v) is 10.7. The van der Waals surface area contributed by atoms with Gasteiger partial charge in [-0.1, -0.05) is 0 Å². The fraction of sp³-hybridized carbons (Fsp3) is 0.333. The van der Waals surface area contributed by atoms with Crippen molar-refractivity contribution in [3.63, 3.8) is 0 Å². The van der Waals surface area contributed by atoms with E-state index in [0.29, 0.717) is 48.5 Å². The van der Waals surface area contributed by atoms with Crippen molar-refractivity contribution in [3.05, 3.63) is 65.5 Å². The molecule has 0 atom stereocenters. The van der Waals surface area contributed by atoms with Crippen LogP contribution in [0.3, 0.4) is 0 Å². The first-order chi connectivity index (χ1) is 15.4. The van der Waals surface area contributed by atoms with Gasteiger partial charge in [0.15, 0.2) is 0 Å². The van der Waals surface area contributed by atoms with Crippen molar-refractivity contribution in [2.75, 3.05) is 20.2 Å². The van der Waals surface area contributed by atoms with E-state index in [0.717, 1.165) is 22.5 Å². The number of hydrogen-bond donors (Lipinski definition) is 1. The predicted molar refractivity (Wildman–Crippen MR) is 119 cm³/mol. The van der Waals surface area contributed by atoms with E-state index in [1.807, 2.05) is 17.5 Å². The maximum Gasteiger partial charge on any atom is 0.143 e. The molecule has 1 aliphatic rings. The van der Waals surface area contributed by atoms with E-state index in [1.54, 1.807) is 49.4 Å². The number of pyridine rings is 1. The molecule has 1 saturated heterocycles. The second-order valence-corrected chi connectivity index (χ2v) is 8.40. The van der Waals surface area contributed by atoms with Gasteiger partial charge in [-0.3, -0.25) is 4.40 Å². The van der Waals surface area contributed by atoms with Crippen molar-refractivity contribution in [1.82, 2.24) is 24.5 Å². The summed E-state index contributed by atoms with van der Waals surface area (Å²) in [7, 11) is 1.56. The summed E-state index contributed by atoms with van der Waals surface area (Å²) < 4.78 is 38.9. The fourth-order valence-electron chi connectivity index (χ4n) is 4.42. The molecule has 1 aromatic carbocycles. The molecule has 166 valence electrons. The zero-order valence-electron chi connectivity index (χ0n) is 18.3. The Morgan fingerprint density at radius 2 is 1.84 bits per heavy atom. The van der Waals surface area contributed by atoms with Crippen LogP contribution in [0.1, 0.15) is 29.5 Å². The summed E-state index contributed by atoms with van der Waals surface area (Å²) >= 11 is 0. The van der Waals surface area contributed by atoms with E-state index in [2.05, 4.69) is 15.4 Å². The van der Waals surface area contributed by atoms with Crippen LogP contribution < -0.4 is 10.1 Å². The average Bonchev–Trinajstić information content (AvgIpc) is 3.42. The number of piperidine rings is 1. The Labute approximate surface area is 184 Å². The van der Waals surface area contributed by atoms with Crippen molar-refractivity contribution < 1.29 is 13.5 Å². The lowest BCUT2D eigenvalue weighted by Gasteiger charge is -2.31. The number of ether oxygens (including phenoxy) is 1. The fourth-order valence-corrected chi connectivity index (χ4v) is 4.42. The standard InChI is InChI=1S/C24H25F2N5O/c1-15-9-20(16(2)8-19(15)25)31-13-17(11-29-31)21-12-28-23-10-22(32-3)18(14-30(21)23)24(26)4-6-27-7-5-24/h8-14,27H,4-7H2,1-3H3. The molecule has 0 amide bonds. The van der Waals surface area contributed by atoms with Crippen LogP contribution >= 0.6 is 0 Å². The maximum atomic E-state index is 15.9. The van der Waals surface area contributed by atoms with Gasteiger partial charge >= 0.3 is 0 Å². The Kier molecular flexibility index (Phi) is 4.97. The molecule has 0 radical (unpaired) electrons. The molecule has 1 aliphatic heterocycles. The van der Waals surface area contributed by atoms with Gasteiger partial charge in [0.2, 0.25) is 0 Å². The number of aryl methyl sites for hydroxylation is 2. The van der Waals surface area contributed by atoms with Gasteiger partial charge in [-0.2, -0.15) is 5.10 Å². The maximum absolute atomic E-state index is 15.9. The second kappa shape index (κ2) is 7.70. The molecule has 0 unspecified atom stereocenters. The third-order valence-corrected chi connectivity index (χ3v) is 6.31. The lowest BCUT2D eigenvalue weighted by molar-refractivity contribution is 0.111. The number of alkyl halides is 1. The summed E-state index contributed by atoms with van der Waals surface area (Å²) in [5.74, 6) is 0.270. The largest absolute Gasteiger partial charge is 0.496 e. The number of benzene rings is 1. The highest BCUT2D eigenvalue weighted by molar-refractivity contribution is 5.65. The number of fused-ring (bicyclic) bond motifs is 1. The highest BCUT2D eigenvalue weighted by Crippen LogP contribution is 2.41. The number of imidazole rings is 1. The highest BCUT2D eigenvalue weighted by Gasteiger charge is 2.37. The number of nitrogens with one attached hydrogen (secondary N) is 1. The van der Waals surface area contributed by atoms with E-state index >= 15 is 4.39 Å². The van der Waals surface area contributed by atoms with Gasteiger partial charge in [0, 0.05) is 29.6 Å². The monoisotopic (exact) mass is 437 g/mol. The van der Waals surface area contributed by atoms with E-state index in [1.165, 1.54) is 6.07 Å². The second-order valence-electron chi connectivity index (χ2n) is 8.40. The Hall–Kier alpha value is -3.26. The molecule has 8 heteroatoms. The van der Waals surface area contributed by atoms with Gasteiger partial charge in [0.25, 0.3) is 0 Å². The SMILES string of the molecule is COc1cc2ncc(-c3cnn(-c4cc(C)c(F)cc4C)c3)n2cc1C1(F)CCNCC1. The van der Waals surface area contributed by atoms with Gasteiger partial charge < -0.3 is 10.1 Å². The zero-order valence-corrected chi connectivity index (χ0v) is 18.3. The summed E-state index contributed by atoms with van der Waals surface area (Å²) in [6.45, 7) is 4.83. The molecule has 32 heavy (non-hydrogen) atoms. The summed E-state index contributed by atoms with van der Waals surface area (Å²) in [6, 6.07) is 5.07. The van der Waals surface area contributed by atoms with Gasteiger partial charge in [-0.05, 0) is 63.0 Å². The Bertz CT molecular complexity index is 1300. The number of rotatable bonds is 4. The minimum absolute atomic E-state index is 0.236. The molecule has 6 nitrogen and oxygen atoms in total. The number of aromatic nitrogens is 4. The molecule has 0 bridgehead atoms. The van der Waals surface area contributed by atoms with Crippen molar-refractivity contribution in [2.24, 2.45) is 0 Å². The van der Waals surface area contributed by atoms with Gasteiger partial charge in [-0.25, -0.2) is 18.4 Å². The first-order valence-electron chi connectivity index (χ1n) is 10.7. The van der Waals surface area contributed by atoms with E-state index in [9.17, 15) is 4.39 Å². The smallest absolute Gasteiger partial charge is 0.143 e. The van der Waals surface area contributed by atoms with Crippen LogP contribution in [-0.4, -0.2) is 39.4 Å². The van der Waals surface area contributed by atoms with Crippen LogP contribution in [0.4, 0.5) is 8.78 Å². The van der Waals surface area contributed by atoms with Crippen molar-refractivity contribution in [1.29, 1.82) is 0 Å². The minimum Gasteiger partial charge on any atom is -0.496 e. The highest BCUT2D eigenvalue weighted by atomic mass is 19.1. The lowest BCUT2D eigenvalue weighted by Crippen LogP contribution is -2.37. The van der Waals surface area contributed by atoms with Crippen LogP contribution in [-0.2, 0) is 5.67 Å². The molecule has 1 fully saturated rings. The van der Waals surface area contributed by atoms with Crippen molar-refractivity contribution in [2.45, 2.75) is 32.4 Å². The van der Waals surface area contributed by atoms with Crippen molar-refractivity contribution in [3.8, 4) is 22.7 Å². The molecule has 5 rings (SSSR count). The number of halogens is 2. The minimum atomic E-state index is -1.46. The molecule has 0 spiro atoms. The lowest BCUT2D eigenvalue weighted by atomic mass is 9.87. The van der Waals surface area contributed by atoms with Crippen LogP contribution in [0, 0.1) is 19.7 Å². The molecular formula is C24H25F2N5O. The van der Waals surface area contributed by atoms with Gasteiger partial charge in [-0.15, -0.1) is 0 Å². The van der Waals surface area contributed by atoms with Crippen LogP contribution in [0.5, 0.6) is 5.75 Å². The molecule has 0 aliphatic carbocycles. The number of nitrogens with zero attached hydrogens (tertiary/aromatic N) is 4. The van der Waals surface area contributed by atoms with E-state index in [-0.39, 0.29) is 5.82 Å². The third kappa shape index (κ3) is 3.35. The summed E-state index contributed by atoms with van der Waals surface area (Å²) in [5, 5.41) is 7.70. The van der Waals surface area contributed by atoms with Gasteiger partial charge in [0.05, 0.1) is 30.9 Å². The van der Waals surface area contributed by atoms with Crippen molar-refractivity contribution >= 4 is 5.65 Å². The third-order valence-electron chi connectivity index (χ3n) is 6.31. The van der Waals surface area contributed by atoms with Crippen LogP contribution in [0.2, 0.25) is 0 Å². The summed E-state index contributed by atoms with van der Waals surface area (Å²) in [5.41, 5.74) is 3.52.